The molecule has 106 valence electrons. The minimum atomic E-state index is -1.11. The lowest BCUT2D eigenvalue weighted by molar-refractivity contribution is 0.0336. The largest absolute Gasteiger partial charge is 0.385 e. The quantitative estimate of drug-likeness (QED) is 0.804. The van der Waals surface area contributed by atoms with E-state index in [-0.39, 0.29) is 11.4 Å². The highest BCUT2D eigenvalue weighted by Gasteiger charge is 2.29. The van der Waals surface area contributed by atoms with Crippen molar-refractivity contribution in [2.45, 2.75) is 18.4 Å². The number of benzene rings is 2. The van der Waals surface area contributed by atoms with E-state index in [9.17, 15) is 9.50 Å². The molecule has 0 radical (unpaired) electrons. The van der Waals surface area contributed by atoms with Crippen molar-refractivity contribution in [1.29, 1.82) is 0 Å². The number of rotatable bonds is 5. The van der Waals surface area contributed by atoms with Gasteiger partial charge in [-0.25, -0.2) is 4.39 Å². The third kappa shape index (κ3) is 3.51. The zero-order valence-electron chi connectivity index (χ0n) is 10.8. The summed E-state index contributed by atoms with van der Waals surface area (Å²) in [5, 5.41) is 10.9. The summed E-state index contributed by atoms with van der Waals surface area (Å²) in [6.07, 6.45) is 0.681. The van der Waals surface area contributed by atoms with Gasteiger partial charge in [-0.15, -0.1) is 11.6 Å². The van der Waals surface area contributed by atoms with Crippen molar-refractivity contribution in [3.63, 3.8) is 0 Å². The Hall–Kier alpha value is -1.09. The van der Waals surface area contributed by atoms with E-state index in [1.165, 1.54) is 12.1 Å². The van der Waals surface area contributed by atoms with Crippen LogP contribution in [0.25, 0.3) is 0 Å². The fourth-order valence-electron chi connectivity index (χ4n) is 2.23. The van der Waals surface area contributed by atoms with E-state index < -0.39 is 11.4 Å². The van der Waals surface area contributed by atoms with Gasteiger partial charge in [-0.05, 0) is 29.7 Å². The van der Waals surface area contributed by atoms with Crippen LogP contribution in [0.1, 0.15) is 17.5 Å². The Morgan fingerprint density at radius 2 is 1.80 bits per heavy atom. The van der Waals surface area contributed by atoms with Gasteiger partial charge < -0.3 is 5.11 Å². The van der Waals surface area contributed by atoms with Gasteiger partial charge >= 0.3 is 0 Å². The maximum atomic E-state index is 13.5. The topological polar surface area (TPSA) is 20.2 Å². The van der Waals surface area contributed by atoms with Gasteiger partial charge in [-0.3, -0.25) is 0 Å². The van der Waals surface area contributed by atoms with Crippen LogP contribution in [0.3, 0.4) is 0 Å². The van der Waals surface area contributed by atoms with E-state index in [1.807, 2.05) is 30.3 Å². The van der Waals surface area contributed by atoms with E-state index in [0.717, 1.165) is 5.56 Å². The molecule has 0 saturated carbocycles. The van der Waals surface area contributed by atoms with Gasteiger partial charge in [0.15, 0.2) is 0 Å². The zero-order valence-corrected chi connectivity index (χ0v) is 12.3. The van der Waals surface area contributed by atoms with Crippen molar-refractivity contribution in [3.8, 4) is 0 Å². The molecule has 0 fully saturated rings. The first-order valence-electron chi connectivity index (χ1n) is 6.33. The van der Waals surface area contributed by atoms with Gasteiger partial charge in [0, 0.05) is 12.3 Å². The zero-order chi connectivity index (χ0) is 14.6. The molecule has 2 aromatic carbocycles. The van der Waals surface area contributed by atoms with Crippen LogP contribution in [-0.2, 0) is 12.0 Å². The molecule has 0 aliphatic rings. The van der Waals surface area contributed by atoms with Crippen LogP contribution in [0.2, 0.25) is 5.02 Å². The Kier molecular flexibility index (Phi) is 5.03. The van der Waals surface area contributed by atoms with E-state index in [2.05, 4.69) is 0 Å². The van der Waals surface area contributed by atoms with E-state index in [1.54, 1.807) is 6.07 Å². The molecule has 1 unspecified atom stereocenters. The molecule has 0 aliphatic heterocycles. The van der Waals surface area contributed by atoms with E-state index in [4.69, 9.17) is 23.2 Å². The predicted octanol–water partition coefficient (Wildman–Crippen LogP) is 4.54. The maximum absolute atomic E-state index is 13.5. The molecule has 4 heteroatoms. The Bertz CT molecular complexity index is 574. The molecular formula is C16H15Cl2FO. The summed E-state index contributed by atoms with van der Waals surface area (Å²) in [5.74, 6) is -0.160. The molecule has 1 atom stereocenters. The Balaban J connectivity index is 2.31. The maximum Gasteiger partial charge on any atom is 0.142 e. The second-order valence-electron chi connectivity index (χ2n) is 4.76. The summed E-state index contributed by atoms with van der Waals surface area (Å²) in [4.78, 5) is 0. The van der Waals surface area contributed by atoms with Crippen LogP contribution >= 0.6 is 23.2 Å². The number of hydrogen-bond acceptors (Lipinski definition) is 1. The summed E-state index contributed by atoms with van der Waals surface area (Å²) in [6, 6.07) is 13.9. The highest BCUT2D eigenvalue weighted by molar-refractivity contribution is 6.30. The first-order chi connectivity index (χ1) is 9.55. The van der Waals surface area contributed by atoms with Gasteiger partial charge in [-0.1, -0.05) is 48.0 Å². The normalized spacial score (nSPS) is 14.0. The minimum absolute atomic E-state index is 0.0781. The van der Waals surface area contributed by atoms with Gasteiger partial charge in [0.25, 0.3) is 0 Å². The number of hydrogen-bond donors (Lipinski definition) is 1. The number of alkyl halides is 1. The van der Waals surface area contributed by atoms with Crippen LogP contribution < -0.4 is 0 Å². The lowest BCUT2D eigenvalue weighted by atomic mass is 9.85. The lowest BCUT2D eigenvalue weighted by Gasteiger charge is -2.28. The summed E-state index contributed by atoms with van der Waals surface area (Å²) in [7, 11) is 0. The second kappa shape index (κ2) is 6.57. The molecule has 0 saturated heterocycles. The summed E-state index contributed by atoms with van der Waals surface area (Å²) in [6.45, 7) is 0. The molecule has 20 heavy (non-hydrogen) atoms. The predicted molar refractivity (Wildman–Crippen MR) is 80.8 cm³/mol. The second-order valence-corrected chi connectivity index (χ2v) is 5.55. The average molecular weight is 313 g/mol. The SMILES string of the molecule is OC(CCCl)(Cc1ccc(Cl)c(F)c1)c1ccccc1. The van der Waals surface area contributed by atoms with Crippen LogP contribution in [0.4, 0.5) is 4.39 Å². The molecule has 0 heterocycles. The highest BCUT2D eigenvalue weighted by Crippen LogP contribution is 2.30. The average Bonchev–Trinajstić information content (AvgIpc) is 2.44. The van der Waals surface area contributed by atoms with Crippen molar-refractivity contribution in [2.75, 3.05) is 5.88 Å². The molecule has 2 aromatic rings. The molecule has 0 aromatic heterocycles. The third-order valence-corrected chi connectivity index (χ3v) is 3.80. The van der Waals surface area contributed by atoms with Gasteiger partial charge in [0.2, 0.25) is 0 Å². The van der Waals surface area contributed by atoms with Crippen molar-refractivity contribution >= 4 is 23.2 Å². The molecule has 1 N–H and O–H groups in total. The smallest absolute Gasteiger partial charge is 0.142 e. The third-order valence-electron chi connectivity index (χ3n) is 3.30. The highest BCUT2D eigenvalue weighted by atomic mass is 35.5. The number of halogens is 3. The lowest BCUT2D eigenvalue weighted by Crippen LogP contribution is -2.29. The molecule has 0 aliphatic carbocycles. The Morgan fingerprint density at radius 1 is 1.10 bits per heavy atom. The molecule has 0 bridgehead atoms. The monoisotopic (exact) mass is 312 g/mol. The number of aliphatic hydroxyl groups is 1. The molecule has 1 nitrogen and oxygen atoms in total. The Labute approximate surface area is 128 Å². The molecule has 0 amide bonds. The van der Waals surface area contributed by atoms with Gasteiger partial charge in [0.05, 0.1) is 10.6 Å². The summed E-state index contributed by atoms with van der Waals surface area (Å²) >= 11 is 11.5. The van der Waals surface area contributed by atoms with Crippen LogP contribution in [0, 0.1) is 5.82 Å². The van der Waals surface area contributed by atoms with Gasteiger partial charge in [0.1, 0.15) is 5.82 Å². The Morgan fingerprint density at radius 3 is 2.40 bits per heavy atom. The van der Waals surface area contributed by atoms with E-state index >= 15 is 0 Å². The standard InChI is InChI=1S/C16H15Cl2FO/c17-9-8-16(20,13-4-2-1-3-5-13)11-12-6-7-14(18)15(19)10-12/h1-7,10,20H,8-9,11H2. The van der Waals surface area contributed by atoms with Crippen LogP contribution in [0.15, 0.2) is 48.5 Å². The van der Waals surface area contributed by atoms with Crippen molar-refractivity contribution in [3.05, 3.63) is 70.5 Å². The van der Waals surface area contributed by atoms with Crippen molar-refractivity contribution in [2.24, 2.45) is 0 Å². The van der Waals surface area contributed by atoms with Crippen molar-refractivity contribution < 1.29 is 9.50 Å². The van der Waals surface area contributed by atoms with E-state index in [0.29, 0.717) is 17.9 Å². The summed E-state index contributed by atoms with van der Waals surface area (Å²) in [5.41, 5.74) is 0.350. The first kappa shape index (κ1) is 15.3. The molecule has 2 rings (SSSR count). The van der Waals surface area contributed by atoms with Crippen molar-refractivity contribution in [1.82, 2.24) is 0 Å². The molecule has 0 spiro atoms. The minimum Gasteiger partial charge on any atom is -0.385 e. The molecular weight excluding hydrogens is 298 g/mol. The van der Waals surface area contributed by atoms with Crippen LogP contribution in [0.5, 0.6) is 0 Å². The van der Waals surface area contributed by atoms with Gasteiger partial charge in [-0.2, -0.15) is 0 Å². The summed E-state index contributed by atoms with van der Waals surface area (Å²) < 4.78 is 13.5. The fraction of sp³-hybridized carbons (Fsp3) is 0.250. The first-order valence-corrected chi connectivity index (χ1v) is 7.24. The van der Waals surface area contributed by atoms with Crippen LogP contribution in [-0.4, -0.2) is 11.0 Å². The fourth-order valence-corrected chi connectivity index (χ4v) is 2.66.